The first-order chi connectivity index (χ1) is 10.3. The Morgan fingerprint density at radius 3 is 2.82 bits per heavy atom. The molecule has 124 valence electrons. The van der Waals surface area contributed by atoms with Crippen LogP contribution in [0.2, 0.25) is 0 Å². The first-order valence-corrected chi connectivity index (χ1v) is 9.61. The minimum absolute atomic E-state index is 0.0689. The van der Waals surface area contributed by atoms with Crippen LogP contribution in [0.4, 0.5) is 0 Å². The normalized spacial score (nSPS) is 29.7. The monoisotopic (exact) mass is 328 g/mol. The lowest BCUT2D eigenvalue weighted by atomic mass is 10.0. The molecule has 0 aliphatic carbocycles. The lowest BCUT2D eigenvalue weighted by Crippen LogP contribution is -2.47. The van der Waals surface area contributed by atoms with Gasteiger partial charge in [0.2, 0.25) is 10.0 Å². The molecule has 1 aromatic rings. The Labute approximate surface area is 131 Å². The number of likely N-dealkylation sites (tertiary alicyclic amines) is 1. The van der Waals surface area contributed by atoms with Gasteiger partial charge in [0.15, 0.2) is 0 Å². The van der Waals surface area contributed by atoms with Gasteiger partial charge in [-0.05, 0) is 38.3 Å². The van der Waals surface area contributed by atoms with E-state index in [1.54, 1.807) is 0 Å². The third kappa shape index (κ3) is 3.37. The Morgan fingerprint density at radius 1 is 1.41 bits per heavy atom. The first kappa shape index (κ1) is 16.0. The van der Waals surface area contributed by atoms with Crippen LogP contribution in [0.3, 0.4) is 0 Å². The molecule has 2 aliphatic rings. The van der Waals surface area contributed by atoms with Gasteiger partial charge in [0.25, 0.3) is 0 Å². The minimum Gasteiger partial charge on any atom is -0.465 e. The van der Waals surface area contributed by atoms with E-state index in [1.165, 1.54) is 6.26 Å². The Balaban J connectivity index is 1.76. The number of sulfonamides is 1. The van der Waals surface area contributed by atoms with Crippen LogP contribution in [0.5, 0.6) is 0 Å². The van der Waals surface area contributed by atoms with Gasteiger partial charge in [0.1, 0.15) is 11.5 Å². The van der Waals surface area contributed by atoms with Crippen molar-refractivity contribution in [3.05, 3.63) is 23.2 Å². The van der Waals surface area contributed by atoms with Crippen molar-refractivity contribution < 1.29 is 17.6 Å². The summed E-state index contributed by atoms with van der Waals surface area (Å²) in [6.07, 6.45) is 3.18. The van der Waals surface area contributed by atoms with Crippen molar-refractivity contribution in [3.8, 4) is 0 Å². The topological polar surface area (TPSA) is 71.8 Å². The highest BCUT2D eigenvalue weighted by atomic mass is 32.2. The third-order valence-corrected chi connectivity index (χ3v) is 5.30. The Bertz CT molecular complexity index is 620. The van der Waals surface area contributed by atoms with Gasteiger partial charge in [-0.1, -0.05) is 0 Å². The molecular weight excluding hydrogens is 304 g/mol. The highest BCUT2D eigenvalue weighted by molar-refractivity contribution is 7.88. The predicted molar refractivity (Wildman–Crippen MR) is 83.1 cm³/mol. The number of aryl methyl sites for hydroxylation is 2. The van der Waals surface area contributed by atoms with Crippen LogP contribution in [0.15, 0.2) is 10.5 Å². The average molecular weight is 328 g/mol. The van der Waals surface area contributed by atoms with Crippen LogP contribution < -0.4 is 4.72 Å². The Morgan fingerprint density at radius 2 is 2.18 bits per heavy atom. The quantitative estimate of drug-likeness (QED) is 0.898. The van der Waals surface area contributed by atoms with Crippen molar-refractivity contribution >= 4 is 10.0 Å². The van der Waals surface area contributed by atoms with Gasteiger partial charge >= 0.3 is 0 Å². The number of nitrogens with one attached hydrogen (secondary N) is 1. The summed E-state index contributed by atoms with van der Waals surface area (Å²) >= 11 is 0. The van der Waals surface area contributed by atoms with E-state index in [9.17, 15) is 8.42 Å². The van der Waals surface area contributed by atoms with Crippen molar-refractivity contribution in [2.24, 2.45) is 0 Å². The first-order valence-electron chi connectivity index (χ1n) is 7.72. The number of ether oxygens (including phenoxy) is 1. The summed E-state index contributed by atoms with van der Waals surface area (Å²) in [5.41, 5.74) is 1.15. The summed E-state index contributed by atoms with van der Waals surface area (Å²) in [5, 5.41) is 0. The van der Waals surface area contributed by atoms with E-state index in [4.69, 9.17) is 9.15 Å². The largest absolute Gasteiger partial charge is 0.465 e. The smallest absolute Gasteiger partial charge is 0.209 e. The second-order valence-electron chi connectivity index (χ2n) is 6.42. The highest BCUT2D eigenvalue weighted by Gasteiger charge is 2.45. The van der Waals surface area contributed by atoms with E-state index in [2.05, 4.69) is 15.7 Å². The van der Waals surface area contributed by atoms with Gasteiger partial charge < -0.3 is 9.15 Å². The molecule has 2 aliphatic heterocycles. The molecule has 0 unspecified atom stereocenters. The molecule has 0 aromatic carbocycles. The second-order valence-corrected chi connectivity index (χ2v) is 8.20. The lowest BCUT2D eigenvalue weighted by Gasteiger charge is -2.32. The zero-order valence-corrected chi connectivity index (χ0v) is 14.1. The zero-order valence-electron chi connectivity index (χ0n) is 13.3. The van der Waals surface area contributed by atoms with Gasteiger partial charge in [-0.2, -0.15) is 0 Å². The van der Waals surface area contributed by atoms with Crippen molar-refractivity contribution in [3.63, 3.8) is 0 Å². The van der Waals surface area contributed by atoms with E-state index >= 15 is 0 Å². The minimum atomic E-state index is -3.24. The van der Waals surface area contributed by atoms with E-state index in [-0.39, 0.29) is 18.2 Å². The average Bonchev–Trinajstić information content (AvgIpc) is 2.91. The van der Waals surface area contributed by atoms with Gasteiger partial charge in [0, 0.05) is 19.2 Å². The molecule has 0 spiro atoms. The molecule has 0 radical (unpaired) electrons. The van der Waals surface area contributed by atoms with Crippen molar-refractivity contribution in [1.29, 1.82) is 0 Å². The molecule has 1 N–H and O–H groups in total. The number of furan rings is 1. The third-order valence-electron chi connectivity index (χ3n) is 4.57. The maximum Gasteiger partial charge on any atom is 0.209 e. The van der Waals surface area contributed by atoms with Crippen molar-refractivity contribution in [1.82, 2.24) is 9.62 Å². The number of hydrogen-bond acceptors (Lipinski definition) is 5. The van der Waals surface area contributed by atoms with Crippen LogP contribution >= 0.6 is 0 Å². The van der Waals surface area contributed by atoms with Gasteiger partial charge in [-0.3, -0.25) is 4.90 Å². The number of rotatable bonds is 4. The molecule has 0 bridgehead atoms. The van der Waals surface area contributed by atoms with Crippen LogP contribution in [0, 0.1) is 13.8 Å². The van der Waals surface area contributed by atoms with E-state index in [1.807, 2.05) is 13.8 Å². The molecule has 3 heterocycles. The molecule has 1 aromatic heterocycles. The highest BCUT2D eigenvalue weighted by Crippen LogP contribution is 2.31. The summed E-state index contributed by atoms with van der Waals surface area (Å²) in [6.45, 7) is 6.05. The van der Waals surface area contributed by atoms with Gasteiger partial charge in [-0.15, -0.1) is 0 Å². The molecule has 2 fully saturated rings. The second kappa shape index (κ2) is 5.96. The van der Waals surface area contributed by atoms with E-state index in [0.29, 0.717) is 19.7 Å². The fourth-order valence-electron chi connectivity index (χ4n) is 3.54. The number of nitrogens with zero attached hydrogens (tertiary/aromatic N) is 1. The molecule has 3 atom stereocenters. The Hall–Kier alpha value is -0.890. The lowest BCUT2D eigenvalue weighted by molar-refractivity contribution is -0.0201. The summed E-state index contributed by atoms with van der Waals surface area (Å²) in [4.78, 5) is 2.28. The molecule has 6 nitrogen and oxygen atoms in total. The molecular formula is C15H24N2O4S. The summed E-state index contributed by atoms with van der Waals surface area (Å²) in [7, 11) is -3.24. The standard InChI is InChI=1S/C15H24N2O4S/c1-10-7-12(21-11(10)2)8-17-9-13(16-22(3,18)19)15-14(17)5-4-6-20-15/h7,13-16H,4-6,8-9H2,1-3H3/t13-,14+,15+/m1/s1. The van der Waals surface area contributed by atoms with Crippen LogP contribution in [0.1, 0.15) is 29.9 Å². The summed E-state index contributed by atoms with van der Waals surface area (Å²) in [5.74, 6) is 1.87. The molecule has 22 heavy (non-hydrogen) atoms. The van der Waals surface area contributed by atoms with E-state index in [0.717, 1.165) is 29.9 Å². The van der Waals surface area contributed by atoms with Gasteiger partial charge in [0.05, 0.1) is 24.9 Å². The van der Waals surface area contributed by atoms with Gasteiger partial charge in [-0.25, -0.2) is 13.1 Å². The Kier molecular flexibility index (Phi) is 4.33. The van der Waals surface area contributed by atoms with Crippen LogP contribution in [0.25, 0.3) is 0 Å². The van der Waals surface area contributed by atoms with Crippen LogP contribution in [-0.2, 0) is 21.3 Å². The fraction of sp³-hybridized carbons (Fsp3) is 0.733. The van der Waals surface area contributed by atoms with Crippen LogP contribution in [-0.4, -0.2) is 50.9 Å². The molecule has 0 saturated carbocycles. The van der Waals surface area contributed by atoms with Crippen molar-refractivity contribution in [2.75, 3.05) is 19.4 Å². The van der Waals surface area contributed by atoms with E-state index < -0.39 is 10.0 Å². The molecule has 3 rings (SSSR count). The maximum atomic E-state index is 11.6. The summed E-state index contributed by atoms with van der Waals surface area (Å²) < 4.78 is 37.5. The predicted octanol–water partition coefficient (Wildman–Crippen LogP) is 1.18. The zero-order chi connectivity index (χ0) is 15.9. The SMILES string of the molecule is Cc1cc(CN2C[C@@H](NS(C)(=O)=O)[C@@H]3OCCC[C@@H]32)oc1C. The molecule has 2 saturated heterocycles. The number of fused-ring (bicyclic) bond motifs is 1. The van der Waals surface area contributed by atoms with Crippen molar-refractivity contribution in [2.45, 2.75) is 51.4 Å². The maximum absolute atomic E-state index is 11.6. The fourth-order valence-corrected chi connectivity index (χ4v) is 4.30. The molecule has 0 amide bonds. The molecule has 7 heteroatoms. The number of hydrogen-bond donors (Lipinski definition) is 1. The summed E-state index contributed by atoms with van der Waals surface area (Å²) in [6, 6.07) is 2.13.